The Labute approximate surface area is 191 Å². The summed E-state index contributed by atoms with van der Waals surface area (Å²) in [6.45, 7) is 5.15. The van der Waals surface area contributed by atoms with Crippen molar-refractivity contribution in [1.82, 2.24) is 10.6 Å². The second-order valence-corrected chi connectivity index (χ2v) is 6.93. The second-order valence-electron chi connectivity index (χ2n) is 6.93. The predicted molar refractivity (Wildman–Crippen MR) is 127 cm³/mol. The summed E-state index contributed by atoms with van der Waals surface area (Å²) in [5, 5.41) is 6.87. The summed E-state index contributed by atoms with van der Waals surface area (Å²) in [5.41, 5.74) is 1.34. The molecular weight excluding hydrogens is 485 g/mol. The van der Waals surface area contributed by atoms with Gasteiger partial charge in [-0.1, -0.05) is 12.1 Å². The molecule has 1 aliphatic heterocycles. The molecule has 2 rings (SSSR count). The summed E-state index contributed by atoms with van der Waals surface area (Å²) in [4.78, 5) is 4.35. The number of aliphatic imine (C=N–C) groups is 1. The van der Waals surface area contributed by atoms with Crippen molar-refractivity contribution < 1.29 is 18.9 Å². The number of rotatable bonds is 11. The molecule has 0 aromatic heterocycles. The maximum Gasteiger partial charge on any atom is 0.191 e. The van der Waals surface area contributed by atoms with Crippen LogP contribution < -0.4 is 15.4 Å². The number of benzene rings is 1. The zero-order valence-corrected chi connectivity index (χ0v) is 20.2. The fourth-order valence-corrected chi connectivity index (χ4v) is 3.37. The van der Waals surface area contributed by atoms with Crippen molar-refractivity contribution in [1.29, 1.82) is 0 Å². The molecule has 0 radical (unpaired) electrons. The molecule has 0 saturated carbocycles. The summed E-state index contributed by atoms with van der Waals surface area (Å²) < 4.78 is 21.4. The Morgan fingerprint density at radius 1 is 1.07 bits per heavy atom. The van der Waals surface area contributed by atoms with Gasteiger partial charge in [0.05, 0.1) is 20.3 Å². The van der Waals surface area contributed by atoms with Crippen LogP contribution in [0.3, 0.4) is 0 Å². The number of guanidine groups is 1. The zero-order chi connectivity index (χ0) is 20.1. The van der Waals surface area contributed by atoms with Crippen LogP contribution in [0.5, 0.6) is 5.75 Å². The maximum absolute atomic E-state index is 5.62. The van der Waals surface area contributed by atoms with Gasteiger partial charge in [-0.2, -0.15) is 0 Å². The van der Waals surface area contributed by atoms with Crippen LogP contribution in [-0.2, 0) is 19.6 Å². The van der Waals surface area contributed by atoms with Crippen LogP contribution in [-0.4, -0.2) is 73.4 Å². The number of hydrogen-bond donors (Lipinski definition) is 2. The van der Waals surface area contributed by atoms with Crippen LogP contribution in [0, 0.1) is 0 Å². The minimum absolute atomic E-state index is 0. The van der Waals surface area contributed by atoms with E-state index in [2.05, 4.69) is 27.8 Å². The van der Waals surface area contributed by atoms with Gasteiger partial charge < -0.3 is 29.6 Å². The van der Waals surface area contributed by atoms with Crippen molar-refractivity contribution in [3.63, 3.8) is 0 Å². The number of ether oxygens (including phenoxy) is 4. The molecule has 0 bridgehead atoms. The summed E-state index contributed by atoms with van der Waals surface area (Å²) >= 11 is 0. The van der Waals surface area contributed by atoms with E-state index in [0.717, 1.165) is 57.3 Å². The first kappa shape index (κ1) is 25.9. The molecule has 1 fully saturated rings. The van der Waals surface area contributed by atoms with Gasteiger partial charge in [-0.05, 0) is 37.0 Å². The molecule has 0 amide bonds. The van der Waals surface area contributed by atoms with Crippen molar-refractivity contribution in [2.24, 2.45) is 4.99 Å². The van der Waals surface area contributed by atoms with E-state index in [1.807, 2.05) is 12.1 Å². The highest BCUT2D eigenvalue weighted by atomic mass is 127. The molecule has 8 heteroatoms. The third kappa shape index (κ3) is 8.65. The van der Waals surface area contributed by atoms with Crippen LogP contribution in [0.1, 0.15) is 24.8 Å². The highest BCUT2D eigenvalue weighted by molar-refractivity contribution is 14.0. The van der Waals surface area contributed by atoms with Crippen LogP contribution in [0.25, 0.3) is 0 Å². The van der Waals surface area contributed by atoms with E-state index in [9.17, 15) is 0 Å². The van der Waals surface area contributed by atoms with E-state index in [0.29, 0.717) is 19.8 Å². The fraction of sp³-hybridized carbons (Fsp3) is 0.667. The third-order valence-electron chi connectivity index (χ3n) is 5.16. The fourth-order valence-electron chi connectivity index (χ4n) is 3.37. The lowest BCUT2D eigenvalue weighted by Gasteiger charge is -2.38. The Morgan fingerprint density at radius 3 is 2.41 bits per heavy atom. The van der Waals surface area contributed by atoms with Crippen molar-refractivity contribution in [2.75, 3.05) is 67.4 Å². The van der Waals surface area contributed by atoms with E-state index in [1.165, 1.54) is 5.56 Å². The SMILES string of the molecule is CN=C(NCCCOCCOC)NCC1(c2ccc(OC)cc2)CCOCC1.I. The van der Waals surface area contributed by atoms with Crippen molar-refractivity contribution >= 4 is 29.9 Å². The molecule has 1 aliphatic rings. The van der Waals surface area contributed by atoms with Crippen molar-refractivity contribution in [3.8, 4) is 5.75 Å². The first-order valence-corrected chi connectivity index (χ1v) is 9.97. The van der Waals surface area contributed by atoms with Crippen LogP contribution in [0.15, 0.2) is 29.3 Å². The molecule has 7 nitrogen and oxygen atoms in total. The predicted octanol–water partition coefficient (Wildman–Crippen LogP) is 2.58. The monoisotopic (exact) mass is 521 g/mol. The summed E-state index contributed by atoms with van der Waals surface area (Å²) in [5.74, 6) is 1.69. The molecule has 1 aromatic carbocycles. The molecule has 0 unspecified atom stereocenters. The summed E-state index contributed by atoms with van der Waals surface area (Å²) in [6.07, 6.45) is 2.88. The van der Waals surface area contributed by atoms with E-state index >= 15 is 0 Å². The highest BCUT2D eigenvalue weighted by Crippen LogP contribution is 2.35. The normalized spacial score (nSPS) is 16.0. The smallest absolute Gasteiger partial charge is 0.191 e. The van der Waals surface area contributed by atoms with Gasteiger partial charge in [0.15, 0.2) is 5.96 Å². The van der Waals surface area contributed by atoms with Crippen LogP contribution in [0.4, 0.5) is 0 Å². The molecule has 1 saturated heterocycles. The first-order valence-electron chi connectivity index (χ1n) is 9.97. The van der Waals surface area contributed by atoms with Gasteiger partial charge in [0.25, 0.3) is 0 Å². The quantitative estimate of drug-likeness (QED) is 0.202. The van der Waals surface area contributed by atoms with Gasteiger partial charge in [-0.3, -0.25) is 4.99 Å². The Kier molecular flexibility index (Phi) is 13.2. The van der Waals surface area contributed by atoms with Gasteiger partial charge >= 0.3 is 0 Å². The van der Waals surface area contributed by atoms with Gasteiger partial charge in [-0.15, -0.1) is 24.0 Å². The summed E-state index contributed by atoms with van der Waals surface area (Å²) in [7, 11) is 5.17. The number of nitrogens with zero attached hydrogens (tertiary/aromatic N) is 1. The number of halogens is 1. The van der Waals surface area contributed by atoms with Gasteiger partial charge in [0.1, 0.15) is 5.75 Å². The lowest BCUT2D eigenvalue weighted by molar-refractivity contribution is 0.0513. The Balaban J connectivity index is 0.00000420. The summed E-state index contributed by atoms with van der Waals surface area (Å²) in [6, 6.07) is 8.39. The second kappa shape index (κ2) is 14.8. The molecule has 2 N–H and O–H groups in total. The average molecular weight is 521 g/mol. The molecule has 0 spiro atoms. The minimum Gasteiger partial charge on any atom is -0.497 e. The average Bonchev–Trinajstić information content (AvgIpc) is 2.76. The number of hydrogen-bond acceptors (Lipinski definition) is 5. The van der Waals surface area contributed by atoms with E-state index in [1.54, 1.807) is 21.3 Å². The van der Waals surface area contributed by atoms with E-state index < -0.39 is 0 Å². The highest BCUT2D eigenvalue weighted by Gasteiger charge is 2.34. The van der Waals surface area contributed by atoms with Gasteiger partial charge in [-0.25, -0.2) is 0 Å². The lowest BCUT2D eigenvalue weighted by atomic mass is 9.74. The molecular formula is C21H36IN3O4. The van der Waals surface area contributed by atoms with Crippen molar-refractivity contribution in [2.45, 2.75) is 24.7 Å². The van der Waals surface area contributed by atoms with Crippen LogP contribution in [0.2, 0.25) is 0 Å². The largest absolute Gasteiger partial charge is 0.497 e. The third-order valence-corrected chi connectivity index (χ3v) is 5.16. The van der Waals surface area contributed by atoms with Crippen LogP contribution >= 0.6 is 24.0 Å². The number of methoxy groups -OCH3 is 2. The van der Waals surface area contributed by atoms with Crippen molar-refractivity contribution in [3.05, 3.63) is 29.8 Å². The Morgan fingerprint density at radius 2 is 1.79 bits per heavy atom. The van der Waals surface area contributed by atoms with E-state index in [4.69, 9.17) is 18.9 Å². The minimum atomic E-state index is 0. The lowest BCUT2D eigenvalue weighted by Crippen LogP contribution is -2.48. The molecule has 29 heavy (non-hydrogen) atoms. The zero-order valence-electron chi connectivity index (χ0n) is 17.9. The Bertz CT molecular complexity index is 578. The molecule has 1 aromatic rings. The Hall–Kier alpha value is -1.10. The topological polar surface area (TPSA) is 73.3 Å². The molecule has 0 atom stereocenters. The molecule has 166 valence electrons. The van der Waals surface area contributed by atoms with Gasteiger partial charge in [0, 0.05) is 52.5 Å². The standard InChI is InChI=1S/C21H35N3O4.HI/c1-22-20(23-11-4-12-27-16-15-25-2)24-17-21(9-13-28-14-10-21)18-5-7-19(26-3)8-6-18;/h5-8H,4,9-17H2,1-3H3,(H2,22,23,24);1H. The molecule has 1 heterocycles. The van der Waals surface area contributed by atoms with Gasteiger partial charge in [0.2, 0.25) is 0 Å². The maximum atomic E-state index is 5.62. The first-order chi connectivity index (χ1) is 13.7. The number of nitrogens with one attached hydrogen (secondary N) is 2. The van der Waals surface area contributed by atoms with E-state index in [-0.39, 0.29) is 29.4 Å². The molecule has 0 aliphatic carbocycles.